The number of aromatic nitrogens is 4. The van der Waals surface area contributed by atoms with Gasteiger partial charge in [-0.25, -0.2) is 22.8 Å². The van der Waals surface area contributed by atoms with Gasteiger partial charge in [0.05, 0.1) is 17.8 Å². The lowest BCUT2D eigenvalue weighted by atomic mass is 10.2. The highest BCUT2D eigenvalue weighted by atomic mass is 32.2. The summed E-state index contributed by atoms with van der Waals surface area (Å²) >= 11 is 0. The minimum atomic E-state index is -3.76. The van der Waals surface area contributed by atoms with Gasteiger partial charge in [0.15, 0.2) is 5.03 Å². The predicted molar refractivity (Wildman–Crippen MR) is 111 cm³/mol. The number of carbonyl (C=O) groups is 1. The first-order valence-electron chi connectivity index (χ1n) is 9.43. The van der Waals surface area contributed by atoms with Crippen LogP contribution in [0, 0.1) is 20.8 Å². The van der Waals surface area contributed by atoms with Crippen molar-refractivity contribution in [3.05, 3.63) is 59.3 Å². The van der Waals surface area contributed by atoms with Gasteiger partial charge in [-0.1, -0.05) is 12.1 Å². The number of ether oxygens (including phenoxy) is 1. The van der Waals surface area contributed by atoms with E-state index in [0.29, 0.717) is 5.82 Å². The lowest BCUT2D eigenvalue weighted by Gasteiger charge is -2.08. The molecule has 30 heavy (non-hydrogen) atoms. The number of hydrogen-bond acceptors (Lipinski definition) is 6. The second-order valence-electron chi connectivity index (χ2n) is 7.05. The summed E-state index contributed by atoms with van der Waals surface area (Å²) in [7, 11) is -2.04. The molecule has 2 heterocycles. The quantitative estimate of drug-likeness (QED) is 0.546. The van der Waals surface area contributed by atoms with E-state index in [1.165, 1.54) is 6.20 Å². The molecule has 0 saturated carbocycles. The van der Waals surface area contributed by atoms with Gasteiger partial charge in [-0.2, -0.15) is 5.10 Å². The number of nitrogens with one attached hydrogen (secondary N) is 1. The van der Waals surface area contributed by atoms with E-state index in [2.05, 4.69) is 14.8 Å². The van der Waals surface area contributed by atoms with Crippen LogP contribution < -0.4 is 4.72 Å². The highest BCUT2D eigenvalue weighted by molar-refractivity contribution is 7.89. The van der Waals surface area contributed by atoms with Crippen LogP contribution in [0.1, 0.15) is 29.2 Å². The van der Waals surface area contributed by atoms with Crippen molar-refractivity contribution >= 4 is 16.0 Å². The number of aryl methyl sites for hydroxylation is 4. The zero-order valence-corrected chi connectivity index (χ0v) is 18.2. The highest BCUT2D eigenvalue weighted by Crippen LogP contribution is 2.14. The topological polar surface area (TPSA) is 108 Å². The van der Waals surface area contributed by atoms with Crippen LogP contribution in [-0.4, -0.2) is 40.3 Å². The van der Waals surface area contributed by atoms with Gasteiger partial charge in [-0.15, -0.1) is 0 Å². The molecular formula is C20H25N5O4S. The van der Waals surface area contributed by atoms with Crippen molar-refractivity contribution in [1.29, 1.82) is 0 Å². The number of hydrogen-bond donors (Lipinski definition) is 1. The fraction of sp³-hybridized carbons (Fsp3) is 0.350. The van der Waals surface area contributed by atoms with E-state index in [1.54, 1.807) is 18.5 Å². The molecule has 1 aromatic carbocycles. The Morgan fingerprint density at radius 1 is 1.17 bits per heavy atom. The van der Waals surface area contributed by atoms with E-state index in [1.807, 2.05) is 48.9 Å². The Hall–Kier alpha value is -2.98. The summed E-state index contributed by atoms with van der Waals surface area (Å²) in [5.74, 6) is 0.0937. The summed E-state index contributed by atoms with van der Waals surface area (Å²) in [6.45, 7) is 5.68. The van der Waals surface area contributed by atoms with Gasteiger partial charge in [-0.05, 0) is 44.5 Å². The molecular weight excluding hydrogens is 406 g/mol. The number of benzene rings is 1. The normalized spacial score (nSPS) is 11.6. The van der Waals surface area contributed by atoms with E-state index in [9.17, 15) is 13.2 Å². The maximum absolute atomic E-state index is 12.2. The summed E-state index contributed by atoms with van der Waals surface area (Å²) in [5, 5.41) is 4.36. The summed E-state index contributed by atoms with van der Waals surface area (Å²) in [6, 6.07) is 9.55. The third-order valence-corrected chi connectivity index (χ3v) is 5.90. The van der Waals surface area contributed by atoms with Crippen LogP contribution in [-0.2, 0) is 33.2 Å². The molecule has 2 aromatic heterocycles. The highest BCUT2D eigenvalue weighted by Gasteiger charge is 2.18. The Kier molecular flexibility index (Phi) is 6.37. The van der Waals surface area contributed by atoms with E-state index in [0.717, 1.165) is 22.6 Å². The fourth-order valence-corrected chi connectivity index (χ4v) is 3.94. The lowest BCUT2D eigenvalue weighted by molar-refractivity contribution is -0.144. The zero-order valence-electron chi connectivity index (χ0n) is 17.4. The molecule has 10 heteroatoms. The number of imidazole rings is 1. The molecule has 9 nitrogen and oxygen atoms in total. The van der Waals surface area contributed by atoms with Gasteiger partial charge in [0.1, 0.15) is 12.4 Å². The molecule has 160 valence electrons. The van der Waals surface area contributed by atoms with Crippen molar-refractivity contribution in [2.24, 2.45) is 7.05 Å². The first kappa shape index (κ1) is 21.7. The Bertz CT molecular complexity index is 1130. The molecule has 0 amide bonds. The average molecular weight is 432 g/mol. The minimum absolute atomic E-state index is 0.0619. The van der Waals surface area contributed by atoms with Crippen LogP contribution >= 0.6 is 0 Å². The third-order valence-electron chi connectivity index (χ3n) is 4.57. The average Bonchev–Trinajstić information content (AvgIpc) is 3.21. The van der Waals surface area contributed by atoms with Gasteiger partial charge in [0.2, 0.25) is 0 Å². The zero-order chi connectivity index (χ0) is 21.9. The van der Waals surface area contributed by atoms with Crippen molar-refractivity contribution in [3.8, 4) is 5.69 Å². The molecule has 0 aliphatic carbocycles. The number of carbonyl (C=O) groups excluding carboxylic acids is 1. The first-order chi connectivity index (χ1) is 14.2. The molecule has 0 unspecified atom stereocenters. The molecule has 3 aromatic rings. The Balaban J connectivity index is 1.47. The van der Waals surface area contributed by atoms with E-state index < -0.39 is 16.0 Å². The minimum Gasteiger partial charge on any atom is -0.461 e. The second kappa shape index (κ2) is 8.80. The number of sulfonamides is 1. The van der Waals surface area contributed by atoms with E-state index in [4.69, 9.17) is 4.74 Å². The molecule has 0 bridgehead atoms. The van der Waals surface area contributed by atoms with Gasteiger partial charge < -0.3 is 9.30 Å². The van der Waals surface area contributed by atoms with Crippen molar-refractivity contribution in [2.45, 2.75) is 38.8 Å². The monoisotopic (exact) mass is 431 g/mol. The standard InChI is InChI=1S/C20H25N5O4S/c1-14-11-15(2)25(23-14)18-7-5-17(6-8-18)13-29-20(26)9-10-21-30(27,28)19-12-24(4)16(3)22-19/h5-8,11-12,21H,9-10,13H2,1-4H3. The third kappa shape index (κ3) is 5.14. The van der Waals surface area contributed by atoms with Crippen molar-refractivity contribution in [3.63, 3.8) is 0 Å². The van der Waals surface area contributed by atoms with Crippen molar-refractivity contribution in [1.82, 2.24) is 24.1 Å². The van der Waals surface area contributed by atoms with Crippen LogP contribution in [0.2, 0.25) is 0 Å². The Morgan fingerprint density at radius 2 is 1.87 bits per heavy atom. The molecule has 0 saturated heterocycles. The van der Waals surface area contributed by atoms with Crippen molar-refractivity contribution < 1.29 is 17.9 Å². The largest absolute Gasteiger partial charge is 0.461 e. The van der Waals surface area contributed by atoms with E-state index in [-0.39, 0.29) is 24.6 Å². The summed E-state index contributed by atoms with van der Waals surface area (Å²) < 4.78 is 35.4. The van der Waals surface area contributed by atoms with E-state index >= 15 is 0 Å². The number of esters is 1. The molecule has 3 rings (SSSR count). The maximum atomic E-state index is 12.2. The number of rotatable bonds is 8. The van der Waals surface area contributed by atoms with Crippen LogP contribution in [0.3, 0.4) is 0 Å². The Morgan fingerprint density at radius 3 is 2.43 bits per heavy atom. The fourth-order valence-electron chi connectivity index (χ4n) is 2.88. The molecule has 0 atom stereocenters. The predicted octanol–water partition coefficient (Wildman–Crippen LogP) is 1.94. The smallest absolute Gasteiger partial charge is 0.307 e. The van der Waals surface area contributed by atoms with Gasteiger partial charge in [0, 0.05) is 25.5 Å². The molecule has 0 spiro atoms. The van der Waals surface area contributed by atoms with Gasteiger partial charge in [-0.3, -0.25) is 4.79 Å². The van der Waals surface area contributed by atoms with Gasteiger partial charge in [0.25, 0.3) is 10.0 Å². The maximum Gasteiger partial charge on any atom is 0.307 e. The van der Waals surface area contributed by atoms with Crippen LogP contribution in [0.15, 0.2) is 41.6 Å². The number of nitrogens with zero attached hydrogens (tertiary/aromatic N) is 4. The Labute approximate surface area is 175 Å². The first-order valence-corrected chi connectivity index (χ1v) is 10.9. The van der Waals surface area contributed by atoms with Crippen molar-refractivity contribution in [2.75, 3.05) is 6.54 Å². The summed E-state index contributed by atoms with van der Waals surface area (Å²) in [6.07, 6.45) is 1.35. The molecule has 0 fully saturated rings. The van der Waals surface area contributed by atoms with Crippen LogP contribution in [0.25, 0.3) is 5.69 Å². The molecule has 0 aliphatic rings. The van der Waals surface area contributed by atoms with Crippen LogP contribution in [0.5, 0.6) is 0 Å². The molecule has 0 aliphatic heterocycles. The summed E-state index contributed by atoms with van der Waals surface area (Å²) in [5.41, 5.74) is 3.74. The second-order valence-corrected chi connectivity index (χ2v) is 8.76. The van der Waals surface area contributed by atoms with Gasteiger partial charge >= 0.3 is 5.97 Å². The molecule has 0 radical (unpaired) electrons. The molecule has 1 N–H and O–H groups in total. The van der Waals surface area contributed by atoms with Crippen LogP contribution in [0.4, 0.5) is 0 Å². The lowest BCUT2D eigenvalue weighted by Crippen LogP contribution is -2.27. The SMILES string of the molecule is Cc1cc(C)n(-c2ccc(COC(=O)CCNS(=O)(=O)c3cn(C)c(C)n3)cc2)n1. The summed E-state index contributed by atoms with van der Waals surface area (Å²) in [4.78, 5) is 15.9.